The zero-order valence-electron chi connectivity index (χ0n) is 14.1. The lowest BCUT2D eigenvalue weighted by Gasteiger charge is -2.14. The zero-order chi connectivity index (χ0) is 17.6. The van der Waals surface area contributed by atoms with Gasteiger partial charge in [0.15, 0.2) is 0 Å². The number of fused-ring (bicyclic) bond motifs is 1. The van der Waals surface area contributed by atoms with Gasteiger partial charge in [0, 0.05) is 12.6 Å². The number of nitrogens with one attached hydrogen (secondary N) is 2. The quantitative estimate of drug-likeness (QED) is 0.608. The number of imidazole rings is 1. The van der Waals surface area contributed by atoms with Gasteiger partial charge in [0.25, 0.3) is 0 Å². The second kappa shape index (κ2) is 8.18. The molecule has 0 radical (unpaired) electrons. The molecule has 0 spiro atoms. The zero-order valence-corrected chi connectivity index (χ0v) is 14.9. The molecule has 0 saturated heterocycles. The van der Waals surface area contributed by atoms with Crippen LogP contribution >= 0.6 is 11.8 Å². The summed E-state index contributed by atoms with van der Waals surface area (Å²) in [7, 11) is 0. The van der Waals surface area contributed by atoms with Gasteiger partial charge in [0.2, 0.25) is 5.91 Å². The lowest BCUT2D eigenvalue weighted by Crippen LogP contribution is -2.33. The maximum absolute atomic E-state index is 12.1. The second-order valence-electron chi connectivity index (χ2n) is 5.91. The number of carbonyl (C=O) groups is 1. The number of aromatic amines is 1. The number of H-pyrrole nitrogens is 1. The van der Waals surface area contributed by atoms with Crippen LogP contribution in [0, 0.1) is 0 Å². The normalized spacial score (nSPS) is 13.5. The summed E-state index contributed by atoms with van der Waals surface area (Å²) >= 11 is 1.55. The number of hydrogen-bond acceptors (Lipinski definition) is 4. The number of benzene rings is 2. The van der Waals surface area contributed by atoms with Gasteiger partial charge in [-0.05, 0) is 24.6 Å². The molecule has 130 valence electrons. The minimum Gasteiger partial charge on any atom is -0.353 e. The highest BCUT2D eigenvalue weighted by molar-refractivity contribution is 8.00. The van der Waals surface area contributed by atoms with E-state index in [1.54, 1.807) is 11.8 Å². The third-order valence-electron chi connectivity index (χ3n) is 4.00. The summed E-state index contributed by atoms with van der Waals surface area (Å²) in [5.41, 5.74) is 9.08. The van der Waals surface area contributed by atoms with Gasteiger partial charge in [-0.2, -0.15) is 0 Å². The maximum atomic E-state index is 12.1. The Balaban J connectivity index is 1.47. The first-order chi connectivity index (χ1) is 12.1. The SMILES string of the molecule is CC(SCC(=O)NCC(N)c1ccccc1)c1nc2ccccc2[nH]1. The fourth-order valence-corrected chi connectivity index (χ4v) is 3.31. The Bertz CT molecular complexity index is 801. The van der Waals surface area contributed by atoms with E-state index in [1.165, 1.54) is 0 Å². The molecule has 3 aromatic rings. The van der Waals surface area contributed by atoms with E-state index in [0.717, 1.165) is 22.4 Å². The molecule has 25 heavy (non-hydrogen) atoms. The van der Waals surface area contributed by atoms with Crippen molar-refractivity contribution >= 4 is 28.7 Å². The van der Waals surface area contributed by atoms with Crippen LogP contribution in [0.15, 0.2) is 54.6 Å². The van der Waals surface area contributed by atoms with Crippen LogP contribution < -0.4 is 11.1 Å². The predicted octanol–water partition coefficient (Wildman–Crippen LogP) is 3.17. The summed E-state index contributed by atoms with van der Waals surface area (Å²) < 4.78 is 0. The molecule has 0 aliphatic carbocycles. The minimum absolute atomic E-state index is 0.0145. The average Bonchev–Trinajstić information content (AvgIpc) is 3.09. The van der Waals surface area contributed by atoms with Crippen LogP contribution in [0.5, 0.6) is 0 Å². The number of para-hydroxylation sites is 2. The van der Waals surface area contributed by atoms with Crippen molar-refractivity contribution in [1.82, 2.24) is 15.3 Å². The van der Waals surface area contributed by atoms with Gasteiger partial charge in [-0.25, -0.2) is 4.98 Å². The molecule has 1 heterocycles. The van der Waals surface area contributed by atoms with E-state index in [2.05, 4.69) is 15.3 Å². The number of carbonyl (C=O) groups excluding carboxylic acids is 1. The molecule has 1 aromatic heterocycles. The van der Waals surface area contributed by atoms with E-state index in [4.69, 9.17) is 5.73 Å². The van der Waals surface area contributed by atoms with E-state index in [-0.39, 0.29) is 17.2 Å². The Morgan fingerprint density at radius 3 is 2.68 bits per heavy atom. The Hall–Kier alpha value is -2.31. The molecule has 2 aromatic carbocycles. The van der Waals surface area contributed by atoms with Crippen molar-refractivity contribution in [2.75, 3.05) is 12.3 Å². The largest absolute Gasteiger partial charge is 0.353 e. The summed E-state index contributed by atoms with van der Waals surface area (Å²) in [6.07, 6.45) is 0. The van der Waals surface area contributed by atoms with Crippen LogP contribution in [0.25, 0.3) is 11.0 Å². The van der Waals surface area contributed by atoms with Crippen LogP contribution in [-0.2, 0) is 4.79 Å². The molecule has 3 rings (SSSR count). The Morgan fingerprint density at radius 2 is 1.92 bits per heavy atom. The molecule has 0 saturated carbocycles. The van der Waals surface area contributed by atoms with Crippen LogP contribution in [-0.4, -0.2) is 28.2 Å². The Labute approximate surface area is 151 Å². The van der Waals surface area contributed by atoms with E-state index >= 15 is 0 Å². The fraction of sp³-hybridized carbons (Fsp3) is 0.263. The lowest BCUT2D eigenvalue weighted by atomic mass is 10.1. The molecule has 6 heteroatoms. The summed E-state index contributed by atoms with van der Waals surface area (Å²) in [4.78, 5) is 20.0. The topological polar surface area (TPSA) is 83.8 Å². The van der Waals surface area contributed by atoms with E-state index in [9.17, 15) is 4.79 Å². The van der Waals surface area contributed by atoms with Crippen molar-refractivity contribution in [2.24, 2.45) is 5.73 Å². The van der Waals surface area contributed by atoms with Gasteiger partial charge in [0.05, 0.1) is 22.0 Å². The lowest BCUT2D eigenvalue weighted by molar-refractivity contribution is -0.118. The molecular formula is C19H22N4OS. The first kappa shape index (κ1) is 17.5. The molecular weight excluding hydrogens is 332 g/mol. The molecule has 1 amide bonds. The Morgan fingerprint density at radius 1 is 1.20 bits per heavy atom. The van der Waals surface area contributed by atoms with Gasteiger partial charge in [0.1, 0.15) is 5.82 Å². The first-order valence-electron chi connectivity index (χ1n) is 8.27. The molecule has 4 N–H and O–H groups in total. The number of nitrogens with zero attached hydrogens (tertiary/aromatic N) is 1. The highest BCUT2D eigenvalue weighted by atomic mass is 32.2. The van der Waals surface area contributed by atoms with Crippen molar-refractivity contribution in [1.29, 1.82) is 0 Å². The number of amides is 1. The van der Waals surface area contributed by atoms with Crippen molar-refractivity contribution in [3.8, 4) is 0 Å². The van der Waals surface area contributed by atoms with E-state index in [1.807, 2.05) is 61.5 Å². The number of thioether (sulfide) groups is 1. The molecule has 2 atom stereocenters. The van der Waals surface area contributed by atoms with Crippen LogP contribution in [0.3, 0.4) is 0 Å². The van der Waals surface area contributed by atoms with Gasteiger partial charge in [-0.1, -0.05) is 42.5 Å². The number of nitrogens with two attached hydrogens (primary N) is 1. The molecule has 0 aliphatic rings. The summed E-state index contributed by atoms with van der Waals surface area (Å²) in [5.74, 6) is 1.25. The molecule has 0 bridgehead atoms. The monoisotopic (exact) mass is 354 g/mol. The smallest absolute Gasteiger partial charge is 0.230 e. The average molecular weight is 354 g/mol. The highest BCUT2D eigenvalue weighted by Gasteiger charge is 2.14. The van der Waals surface area contributed by atoms with Gasteiger partial charge in [-0.15, -0.1) is 11.8 Å². The first-order valence-corrected chi connectivity index (χ1v) is 9.32. The van der Waals surface area contributed by atoms with Crippen molar-refractivity contribution < 1.29 is 4.79 Å². The summed E-state index contributed by atoms with van der Waals surface area (Å²) in [5, 5.41) is 3.01. The number of aromatic nitrogens is 2. The van der Waals surface area contributed by atoms with Gasteiger partial charge >= 0.3 is 0 Å². The van der Waals surface area contributed by atoms with Crippen molar-refractivity contribution in [2.45, 2.75) is 18.2 Å². The van der Waals surface area contributed by atoms with Crippen molar-refractivity contribution in [3.63, 3.8) is 0 Å². The number of rotatable bonds is 7. The van der Waals surface area contributed by atoms with E-state index in [0.29, 0.717) is 12.3 Å². The number of hydrogen-bond donors (Lipinski definition) is 3. The van der Waals surface area contributed by atoms with Crippen LogP contribution in [0.4, 0.5) is 0 Å². The summed E-state index contributed by atoms with van der Waals surface area (Å²) in [6.45, 7) is 2.48. The third-order valence-corrected chi connectivity index (χ3v) is 5.16. The standard InChI is InChI=1S/C19H22N4OS/c1-13(19-22-16-9-5-6-10-17(16)23-19)25-12-18(24)21-11-15(20)14-7-3-2-4-8-14/h2-10,13,15H,11-12,20H2,1H3,(H,21,24)(H,22,23). The predicted molar refractivity (Wildman–Crippen MR) is 103 cm³/mol. The van der Waals surface area contributed by atoms with Gasteiger partial charge < -0.3 is 16.0 Å². The molecule has 0 aliphatic heterocycles. The maximum Gasteiger partial charge on any atom is 0.230 e. The minimum atomic E-state index is -0.192. The second-order valence-corrected chi connectivity index (χ2v) is 7.24. The molecule has 0 fully saturated rings. The molecule has 2 unspecified atom stereocenters. The van der Waals surface area contributed by atoms with E-state index < -0.39 is 0 Å². The molecule has 5 nitrogen and oxygen atoms in total. The summed E-state index contributed by atoms with van der Waals surface area (Å²) in [6, 6.07) is 17.5. The van der Waals surface area contributed by atoms with Crippen molar-refractivity contribution in [3.05, 3.63) is 66.0 Å². The fourth-order valence-electron chi connectivity index (χ4n) is 2.54. The van der Waals surface area contributed by atoms with Crippen LogP contribution in [0.1, 0.15) is 29.6 Å². The van der Waals surface area contributed by atoms with Gasteiger partial charge in [-0.3, -0.25) is 4.79 Å². The highest BCUT2D eigenvalue weighted by Crippen LogP contribution is 2.27. The third kappa shape index (κ3) is 4.61. The van der Waals surface area contributed by atoms with Crippen LogP contribution in [0.2, 0.25) is 0 Å². The Kier molecular flexibility index (Phi) is 5.73.